The summed E-state index contributed by atoms with van der Waals surface area (Å²) < 4.78 is 10.8. The molecule has 0 saturated heterocycles. The van der Waals surface area contributed by atoms with E-state index in [9.17, 15) is 9.00 Å². The summed E-state index contributed by atoms with van der Waals surface area (Å²) in [7, 11) is 0.990. The van der Waals surface area contributed by atoms with E-state index in [2.05, 4.69) is 10.6 Å². The first-order valence-electron chi connectivity index (χ1n) is 5.50. The molecule has 4 nitrogen and oxygen atoms in total. The molecule has 0 aliphatic rings. The normalized spacial score (nSPS) is 11.9. The minimum Gasteiger partial charge on any atom is -0.387 e. The van der Waals surface area contributed by atoms with Gasteiger partial charge in [0.2, 0.25) is 0 Å². The van der Waals surface area contributed by atoms with Gasteiger partial charge in [-0.3, -0.25) is 9.00 Å². The Hall–Kier alpha value is -1.36. The van der Waals surface area contributed by atoms with Crippen LogP contribution in [0.15, 0.2) is 24.3 Å². The molecule has 2 N–H and O–H groups in total. The van der Waals surface area contributed by atoms with Gasteiger partial charge in [0.1, 0.15) is 0 Å². The fraction of sp³-hybridized carbons (Fsp3) is 0.417. The summed E-state index contributed by atoms with van der Waals surface area (Å²) in [6.07, 6.45) is 2.40. The maximum atomic E-state index is 11.8. The maximum absolute atomic E-state index is 11.8. The van der Waals surface area contributed by atoms with Gasteiger partial charge < -0.3 is 10.6 Å². The van der Waals surface area contributed by atoms with Crippen molar-refractivity contribution in [2.45, 2.75) is 6.42 Å². The molecule has 1 atom stereocenters. The zero-order chi connectivity index (χ0) is 12.7. The number of hydrogen-bond acceptors (Lipinski definition) is 3. The number of para-hydroxylation sites is 1. The third-order valence-electron chi connectivity index (χ3n) is 2.34. The minimum atomic E-state index is -0.794. The Kier molecular flexibility index (Phi) is 5.69. The number of benzene rings is 1. The van der Waals surface area contributed by atoms with E-state index in [0.717, 1.165) is 12.1 Å². The molecule has 0 aliphatic carbocycles. The van der Waals surface area contributed by atoms with Crippen molar-refractivity contribution in [3.8, 4) is 0 Å². The predicted octanol–water partition coefficient (Wildman–Crippen LogP) is 1.23. The number of amides is 1. The third kappa shape index (κ3) is 4.56. The Morgan fingerprint density at radius 1 is 1.35 bits per heavy atom. The number of carbonyl (C=O) groups is 1. The Bertz CT molecular complexity index is 407. The molecule has 1 rings (SSSR count). The van der Waals surface area contributed by atoms with Gasteiger partial charge in [-0.25, -0.2) is 0 Å². The molecule has 0 saturated carbocycles. The molecule has 1 aromatic rings. The van der Waals surface area contributed by atoms with Crippen molar-refractivity contribution >= 4 is 22.4 Å². The third-order valence-corrected chi connectivity index (χ3v) is 3.20. The highest BCUT2D eigenvalue weighted by atomic mass is 32.2. The van der Waals surface area contributed by atoms with Crippen LogP contribution in [-0.2, 0) is 10.8 Å². The first kappa shape index (κ1) is 13.7. The molecule has 0 aromatic heterocycles. The van der Waals surface area contributed by atoms with Crippen LogP contribution in [0.2, 0.25) is 0 Å². The lowest BCUT2D eigenvalue weighted by Crippen LogP contribution is -2.26. The van der Waals surface area contributed by atoms with Crippen LogP contribution in [0, 0.1) is 0 Å². The number of carbonyl (C=O) groups excluding carboxylic acids is 1. The van der Waals surface area contributed by atoms with Crippen LogP contribution in [-0.4, -0.2) is 35.7 Å². The van der Waals surface area contributed by atoms with Gasteiger partial charge in [0, 0.05) is 42.1 Å². The van der Waals surface area contributed by atoms with Gasteiger partial charge in [0.05, 0.1) is 5.56 Å². The molecule has 0 heterocycles. The summed E-state index contributed by atoms with van der Waals surface area (Å²) >= 11 is 0. The van der Waals surface area contributed by atoms with Gasteiger partial charge in [0.15, 0.2) is 0 Å². The Morgan fingerprint density at radius 3 is 2.71 bits per heavy atom. The summed E-state index contributed by atoms with van der Waals surface area (Å²) in [5.74, 6) is 0.519. The Labute approximate surface area is 104 Å². The highest BCUT2D eigenvalue weighted by molar-refractivity contribution is 7.84. The van der Waals surface area contributed by atoms with Crippen LogP contribution in [0.4, 0.5) is 5.69 Å². The van der Waals surface area contributed by atoms with Gasteiger partial charge in [-0.1, -0.05) is 12.1 Å². The highest BCUT2D eigenvalue weighted by Crippen LogP contribution is 2.13. The first-order valence-corrected chi connectivity index (χ1v) is 7.23. The molecule has 0 radical (unpaired) electrons. The molecule has 1 unspecified atom stereocenters. The van der Waals surface area contributed by atoms with Crippen molar-refractivity contribution in [1.29, 1.82) is 0 Å². The topological polar surface area (TPSA) is 58.2 Å². The zero-order valence-electron chi connectivity index (χ0n) is 10.2. The molecule has 1 amide bonds. The van der Waals surface area contributed by atoms with E-state index in [4.69, 9.17) is 0 Å². The molecule has 94 valence electrons. The van der Waals surface area contributed by atoms with E-state index >= 15 is 0 Å². The van der Waals surface area contributed by atoms with Crippen molar-refractivity contribution in [2.24, 2.45) is 0 Å². The number of rotatable bonds is 6. The average molecular weight is 254 g/mol. The summed E-state index contributed by atoms with van der Waals surface area (Å²) in [5, 5.41) is 5.79. The van der Waals surface area contributed by atoms with Crippen LogP contribution in [0.1, 0.15) is 16.8 Å². The SMILES string of the molecule is CNc1ccccc1C(=O)NCCCS(C)=O. The second-order valence-electron chi connectivity index (χ2n) is 3.68. The van der Waals surface area contributed by atoms with E-state index in [1.807, 2.05) is 18.2 Å². The fourth-order valence-corrected chi connectivity index (χ4v) is 2.02. The lowest BCUT2D eigenvalue weighted by Gasteiger charge is -2.09. The Morgan fingerprint density at radius 2 is 2.06 bits per heavy atom. The predicted molar refractivity (Wildman–Crippen MR) is 71.9 cm³/mol. The fourth-order valence-electron chi connectivity index (χ4n) is 1.47. The summed E-state index contributed by atoms with van der Waals surface area (Å²) in [6, 6.07) is 7.34. The van der Waals surface area contributed by atoms with E-state index < -0.39 is 10.8 Å². The van der Waals surface area contributed by atoms with Gasteiger partial charge in [-0.15, -0.1) is 0 Å². The second-order valence-corrected chi connectivity index (χ2v) is 5.24. The number of anilines is 1. The van der Waals surface area contributed by atoms with Gasteiger partial charge in [-0.05, 0) is 18.6 Å². The van der Waals surface area contributed by atoms with E-state index in [0.29, 0.717) is 17.9 Å². The van der Waals surface area contributed by atoms with Crippen LogP contribution in [0.25, 0.3) is 0 Å². The van der Waals surface area contributed by atoms with Crippen LogP contribution >= 0.6 is 0 Å². The van der Waals surface area contributed by atoms with E-state index in [-0.39, 0.29) is 5.91 Å². The van der Waals surface area contributed by atoms with Crippen LogP contribution in [0.3, 0.4) is 0 Å². The van der Waals surface area contributed by atoms with Crippen molar-refractivity contribution in [3.05, 3.63) is 29.8 Å². The number of nitrogens with one attached hydrogen (secondary N) is 2. The van der Waals surface area contributed by atoms with Crippen molar-refractivity contribution < 1.29 is 9.00 Å². The lowest BCUT2D eigenvalue weighted by molar-refractivity contribution is 0.0954. The monoisotopic (exact) mass is 254 g/mol. The smallest absolute Gasteiger partial charge is 0.253 e. The van der Waals surface area contributed by atoms with Crippen molar-refractivity contribution in [2.75, 3.05) is 30.9 Å². The molecular weight excluding hydrogens is 236 g/mol. The molecule has 0 spiro atoms. The molecule has 1 aromatic carbocycles. The molecule has 0 bridgehead atoms. The number of hydrogen-bond donors (Lipinski definition) is 2. The molecule has 0 aliphatic heterocycles. The molecule has 5 heteroatoms. The summed E-state index contributed by atoms with van der Waals surface area (Å²) in [6.45, 7) is 0.552. The summed E-state index contributed by atoms with van der Waals surface area (Å²) in [5.41, 5.74) is 1.44. The largest absolute Gasteiger partial charge is 0.387 e. The average Bonchev–Trinajstić information content (AvgIpc) is 2.34. The van der Waals surface area contributed by atoms with Crippen molar-refractivity contribution in [3.63, 3.8) is 0 Å². The molecular formula is C12H18N2O2S. The minimum absolute atomic E-state index is 0.100. The van der Waals surface area contributed by atoms with Gasteiger partial charge in [0.25, 0.3) is 5.91 Å². The molecule has 0 fully saturated rings. The highest BCUT2D eigenvalue weighted by Gasteiger charge is 2.08. The lowest BCUT2D eigenvalue weighted by atomic mass is 10.1. The second kappa shape index (κ2) is 7.06. The maximum Gasteiger partial charge on any atom is 0.253 e. The summed E-state index contributed by atoms with van der Waals surface area (Å²) in [4.78, 5) is 11.8. The standard InChI is InChI=1S/C12H18N2O2S/c1-13-11-7-4-3-6-10(11)12(15)14-8-5-9-17(2)16/h3-4,6-7,13H,5,8-9H2,1-2H3,(H,14,15). The van der Waals surface area contributed by atoms with Crippen LogP contribution < -0.4 is 10.6 Å². The quantitative estimate of drug-likeness (QED) is 0.751. The zero-order valence-corrected chi connectivity index (χ0v) is 11.0. The van der Waals surface area contributed by atoms with Crippen LogP contribution in [0.5, 0.6) is 0 Å². The van der Waals surface area contributed by atoms with Gasteiger partial charge >= 0.3 is 0 Å². The molecule has 17 heavy (non-hydrogen) atoms. The Balaban J connectivity index is 2.49. The van der Waals surface area contributed by atoms with Gasteiger partial charge in [-0.2, -0.15) is 0 Å². The van der Waals surface area contributed by atoms with E-state index in [1.54, 1.807) is 19.4 Å². The first-order chi connectivity index (χ1) is 8.15. The van der Waals surface area contributed by atoms with Crippen molar-refractivity contribution in [1.82, 2.24) is 5.32 Å². The van der Waals surface area contributed by atoms with E-state index in [1.165, 1.54) is 0 Å².